The summed E-state index contributed by atoms with van der Waals surface area (Å²) < 4.78 is 0. The van der Waals surface area contributed by atoms with Gasteiger partial charge in [-0.2, -0.15) is 0 Å². The van der Waals surface area contributed by atoms with Gasteiger partial charge in [0.05, 0.1) is 6.10 Å². The van der Waals surface area contributed by atoms with Gasteiger partial charge in [-0.1, -0.05) is 6.07 Å². The Balaban J connectivity index is 2.15. The van der Waals surface area contributed by atoms with Crippen molar-refractivity contribution in [1.82, 2.24) is 9.97 Å². The minimum atomic E-state index is -0.504. The van der Waals surface area contributed by atoms with Crippen LogP contribution in [0.15, 0.2) is 42.9 Å². The molecular formula is C13H14N2O. The number of hydrogen-bond acceptors (Lipinski definition) is 3. The molecular weight excluding hydrogens is 200 g/mol. The summed E-state index contributed by atoms with van der Waals surface area (Å²) in [6.45, 7) is 1.91. The minimum Gasteiger partial charge on any atom is -0.388 e. The molecule has 1 N–H and O–H groups in total. The molecule has 2 aromatic heterocycles. The largest absolute Gasteiger partial charge is 0.388 e. The van der Waals surface area contributed by atoms with E-state index in [4.69, 9.17) is 0 Å². The Morgan fingerprint density at radius 1 is 1.19 bits per heavy atom. The molecule has 0 bridgehead atoms. The van der Waals surface area contributed by atoms with Gasteiger partial charge in [-0.15, -0.1) is 0 Å². The third kappa shape index (κ3) is 2.44. The quantitative estimate of drug-likeness (QED) is 0.850. The number of hydrogen-bond donors (Lipinski definition) is 1. The van der Waals surface area contributed by atoms with Gasteiger partial charge in [0, 0.05) is 36.3 Å². The predicted molar refractivity (Wildman–Crippen MR) is 61.9 cm³/mol. The van der Waals surface area contributed by atoms with E-state index in [1.807, 2.05) is 31.2 Å². The zero-order valence-electron chi connectivity index (χ0n) is 9.17. The molecule has 0 radical (unpaired) electrons. The van der Waals surface area contributed by atoms with E-state index in [1.165, 1.54) is 0 Å². The van der Waals surface area contributed by atoms with E-state index >= 15 is 0 Å². The fourth-order valence-corrected chi connectivity index (χ4v) is 1.70. The first-order chi connectivity index (χ1) is 7.77. The van der Waals surface area contributed by atoms with Gasteiger partial charge in [0.2, 0.25) is 0 Å². The topological polar surface area (TPSA) is 46.0 Å². The molecule has 0 saturated heterocycles. The van der Waals surface area contributed by atoms with Crippen molar-refractivity contribution in [2.75, 3.05) is 0 Å². The summed E-state index contributed by atoms with van der Waals surface area (Å²) in [5.74, 6) is 0. The molecule has 0 aliphatic rings. The van der Waals surface area contributed by atoms with Gasteiger partial charge in [0.1, 0.15) is 0 Å². The van der Waals surface area contributed by atoms with Gasteiger partial charge in [-0.25, -0.2) is 0 Å². The maximum atomic E-state index is 10.1. The summed E-state index contributed by atoms with van der Waals surface area (Å²) in [6, 6.07) is 7.58. The summed E-state index contributed by atoms with van der Waals surface area (Å²) >= 11 is 0. The van der Waals surface area contributed by atoms with Crippen molar-refractivity contribution >= 4 is 0 Å². The van der Waals surface area contributed by atoms with E-state index in [2.05, 4.69) is 9.97 Å². The molecule has 0 aromatic carbocycles. The molecule has 16 heavy (non-hydrogen) atoms. The lowest BCUT2D eigenvalue weighted by Crippen LogP contribution is -2.04. The second kappa shape index (κ2) is 4.86. The van der Waals surface area contributed by atoms with Crippen molar-refractivity contribution in [1.29, 1.82) is 0 Å². The normalized spacial score (nSPS) is 12.4. The van der Waals surface area contributed by atoms with Gasteiger partial charge in [-0.05, 0) is 30.7 Å². The summed E-state index contributed by atoms with van der Waals surface area (Å²) in [5.41, 5.74) is 2.84. The lowest BCUT2D eigenvalue weighted by molar-refractivity contribution is 0.177. The van der Waals surface area contributed by atoms with Crippen molar-refractivity contribution in [3.63, 3.8) is 0 Å². The first kappa shape index (κ1) is 10.8. The Bertz CT molecular complexity index is 456. The summed E-state index contributed by atoms with van der Waals surface area (Å²) in [4.78, 5) is 8.12. The highest BCUT2D eigenvalue weighted by molar-refractivity contribution is 5.23. The highest BCUT2D eigenvalue weighted by atomic mass is 16.3. The van der Waals surface area contributed by atoms with Crippen LogP contribution >= 0.6 is 0 Å². The molecule has 0 amide bonds. The summed E-state index contributed by atoms with van der Waals surface area (Å²) in [5, 5.41) is 10.1. The lowest BCUT2D eigenvalue weighted by Gasteiger charge is -2.12. The third-order valence-corrected chi connectivity index (χ3v) is 2.59. The van der Waals surface area contributed by atoms with Crippen LogP contribution in [0.4, 0.5) is 0 Å². The highest BCUT2D eigenvalue weighted by Crippen LogP contribution is 2.19. The second-order valence-corrected chi connectivity index (χ2v) is 3.75. The number of aromatic nitrogens is 2. The van der Waals surface area contributed by atoms with E-state index in [0.717, 1.165) is 16.8 Å². The minimum absolute atomic E-state index is 0.504. The molecule has 0 aliphatic heterocycles. The zero-order valence-corrected chi connectivity index (χ0v) is 9.17. The standard InChI is InChI=1S/C13H14N2O/c1-10-12(3-2-6-15-10)13(16)9-11-4-7-14-8-5-11/h2-8,13,16H,9H2,1H3. The molecule has 2 rings (SSSR count). The smallest absolute Gasteiger partial charge is 0.0847 e. The fourth-order valence-electron chi connectivity index (χ4n) is 1.70. The van der Waals surface area contributed by atoms with Crippen LogP contribution in [0, 0.1) is 6.92 Å². The van der Waals surface area contributed by atoms with E-state index in [-0.39, 0.29) is 0 Å². The number of aliphatic hydroxyl groups excluding tert-OH is 1. The zero-order chi connectivity index (χ0) is 11.4. The number of aliphatic hydroxyl groups is 1. The van der Waals surface area contributed by atoms with Gasteiger partial charge in [-0.3, -0.25) is 9.97 Å². The van der Waals surface area contributed by atoms with E-state index in [9.17, 15) is 5.11 Å². The van der Waals surface area contributed by atoms with Crippen LogP contribution < -0.4 is 0 Å². The maximum Gasteiger partial charge on any atom is 0.0847 e. The van der Waals surface area contributed by atoms with Crippen molar-refractivity contribution in [2.45, 2.75) is 19.4 Å². The Hall–Kier alpha value is -1.74. The van der Waals surface area contributed by atoms with Crippen molar-refractivity contribution in [2.24, 2.45) is 0 Å². The number of aryl methyl sites for hydroxylation is 1. The van der Waals surface area contributed by atoms with Crippen molar-refractivity contribution in [3.05, 3.63) is 59.7 Å². The molecule has 2 aromatic rings. The predicted octanol–water partition coefficient (Wildman–Crippen LogP) is 2.06. The van der Waals surface area contributed by atoms with Crippen LogP contribution in [-0.4, -0.2) is 15.1 Å². The third-order valence-electron chi connectivity index (χ3n) is 2.59. The molecule has 3 nitrogen and oxygen atoms in total. The summed E-state index contributed by atoms with van der Waals surface area (Å²) in [7, 11) is 0. The lowest BCUT2D eigenvalue weighted by atomic mass is 10.0. The van der Waals surface area contributed by atoms with Crippen LogP contribution in [0.1, 0.15) is 22.9 Å². The molecule has 82 valence electrons. The van der Waals surface area contributed by atoms with Gasteiger partial charge in [0.15, 0.2) is 0 Å². The van der Waals surface area contributed by atoms with Crippen molar-refractivity contribution in [3.8, 4) is 0 Å². The molecule has 1 atom stereocenters. The molecule has 0 spiro atoms. The molecule has 0 aliphatic carbocycles. The Morgan fingerprint density at radius 2 is 1.94 bits per heavy atom. The molecule has 1 unspecified atom stereocenters. The number of rotatable bonds is 3. The maximum absolute atomic E-state index is 10.1. The van der Waals surface area contributed by atoms with Crippen LogP contribution in [0.5, 0.6) is 0 Å². The van der Waals surface area contributed by atoms with Crippen LogP contribution in [0.25, 0.3) is 0 Å². The molecule has 0 fully saturated rings. The monoisotopic (exact) mass is 214 g/mol. The van der Waals surface area contributed by atoms with Crippen LogP contribution in [-0.2, 0) is 6.42 Å². The van der Waals surface area contributed by atoms with Crippen LogP contribution in [0.2, 0.25) is 0 Å². The molecule has 0 saturated carbocycles. The fraction of sp³-hybridized carbons (Fsp3) is 0.231. The van der Waals surface area contributed by atoms with Crippen LogP contribution in [0.3, 0.4) is 0 Å². The first-order valence-corrected chi connectivity index (χ1v) is 5.26. The highest BCUT2D eigenvalue weighted by Gasteiger charge is 2.11. The molecule has 3 heteroatoms. The average molecular weight is 214 g/mol. The summed E-state index contributed by atoms with van der Waals surface area (Å²) in [6.07, 6.45) is 5.29. The van der Waals surface area contributed by atoms with E-state index in [0.29, 0.717) is 6.42 Å². The first-order valence-electron chi connectivity index (χ1n) is 5.26. The Labute approximate surface area is 94.8 Å². The average Bonchev–Trinajstić information content (AvgIpc) is 2.31. The number of nitrogens with zero attached hydrogens (tertiary/aromatic N) is 2. The van der Waals surface area contributed by atoms with E-state index < -0.39 is 6.10 Å². The van der Waals surface area contributed by atoms with Gasteiger partial charge in [0.25, 0.3) is 0 Å². The molecule has 2 heterocycles. The number of pyridine rings is 2. The SMILES string of the molecule is Cc1ncccc1C(O)Cc1ccncc1. The Morgan fingerprint density at radius 3 is 2.62 bits per heavy atom. The van der Waals surface area contributed by atoms with Gasteiger partial charge >= 0.3 is 0 Å². The second-order valence-electron chi connectivity index (χ2n) is 3.75. The van der Waals surface area contributed by atoms with Gasteiger partial charge < -0.3 is 5.11 Å². The van der Waals surface area contributed by atoms with E-state index in [1.54, 1.807) is 18.6 Å². The van der Waals surface area contributed by atoms with Crippen molar-refractivity contribution < 1.29 is 5.11 Å². The Kier molecular flexibility index (Phi) is 3.27.